The summed E-state index contributed by atoms with van der Waals surface area (Å²) in [5.74, 6) is 0.245. The summed E-state index contributed by atoms with van der Waals surface area (Å²) < 4.78 is 0. The number of nitrogens with one attached hydrogen (secondary N) is 1. The van der Waals surface area contributed by atoms with E-state index in [9.17, 15) is 4.79 Å². The zero-order valence-corrected chi connectivity index (χ0v) is 12.6. The zero-order valence-electron chi connectivity index (χ0n) is 12.6. The van der Waals surface area contributed by atoms with E-state index in [0.29, 0.717) is 0 Å². The highest BCUT2D eigenvalue weighted by Crippen LogP contribution is 2.14. The lowest BCUT2D eigenvalue weighted by atomic mass is 10.1. The monoisotopic (exact) mass is 274 g/mol. The van der Waals surface area contributed by atoms with Gasteiger partial charge in [-0.05, 0) is 32.3 Å². The van der Waals surface area contributed by atoms with Crippen LogP contribution in [0.3, 0.4) is 0 Å². The predicted octanol–water partition coefficient (Wildman–Crippen LogP) is 3.13. The number of rotatable bonds is 4. The highest BCUT2D eigenvalue weighted by atomic mass is 16.2. The van der Waals surface area contributed by atoms with Crippen molar-refractivity contribution >= 4 is 5.91 Å². The highest BCUT2D eigenvalue weighted by Gasteiger charge is 2.22. The molecule has 0 aliphatic carbocycles. The summed E-state index contributed by atoms with van der Waals surface area (Å²) in [6.07, 6.45) is 4.80. The van der Waals surface area contributed by atoms with Gasteiger partial charge in [-0.25, -0.2) is 0 Å². The van der Waals surface area contributed by atoms with E-state index in [2.05, 4.69) is 24.4 Å². The van der Waals surface area contributed by atoms with Crippen molar-refractivity contribution in [3.05, 3.63) is 35.9 Å². The summed E-state index contributed by atoms with van der Waals surface area (Å²) in [7, 11) is 0. The first-order valence-corrected chi connectivity index (χ1v) is 7.78. The predicted molar refractivity (Wildman–Crippen MR) is 82.5 cm³/mol. The number of carbonyl (C=O) groups is 1. The smallest absolute Gasteiger partial charge is 0.239 e. The molecule has 1 aliphatic heterocycles. The Hall–Kier alpha value is -1.35. The minimum absolute atomic E-state index is 0.122. The Morgan fingerprint density at radius 3 is 2.25 bits per heavy atom. The molecule has 3 heteroatoms. The summed E-state index contributed by atoms with van der Waals surface area (Å²) in [4.78, 5) is 14.5. The van der Waals surface area contributed by atoms with E-state index >= 15 is 0 Å². The summed E-state index contributed by atoms with van der Waals surface area (Å²) in [5, 5.41) is 3.42. The van der Waals surface area contributed by atoms with Gasteiger partial charge in [-0.15, -0.1) is 0 Å². The van der Waals surface area contributed by atoms with Gasteiger partial charge in [0.15, 0.2) is 0 Å². The molecule has 0 saturated carbocycles. The van der Waals surface area contributed by atoms with Crippen molar-refractivity contribution in [3.63, 3.8) is 0 Å². The fourth-order valence-corrected chi connectivity index (χ4v) is 2.85. The second-order valence-electron chi connectivity index (χ2n) is 5.76. The number of carbonyl (C=O) groups excluding carboxylic acids is 1. The fraction of sp³-hybridized carbons (Fsp3) is 0.588. The summed E-state index contributed by atoms with van der Waals surface area (Å²) in [6, 6.07) is 10.4. The molecule has 1 heterocycles. The maximum Gasteiger partial charge on any atom is 0.239 e. The lowest BCUT2D eigenvalue weighted by Crippen LogP contribution is -2.45. The molecule has 0 aromatic heterocycles. The van der Waals surface area contributed by atoms with Crippen molar-refractivity contribution in [3.8, 4) is 0 Å². The average molecular weight is 274 g/mol. The number of benzene rings is 1. The summed E-state index contributed by atoms with van der Waals surface area (Å²) in [6.45, 7) is 5.93. The van der Waals surface area contributed by atoms with Crippen LogP contribution in [0.4, 0.5) is 0 Å². The molecule has 1 amide bonds. The van der Waals surface area contributed by atoms with Crippen LogP contribution in [0.15, 0.2) is 30.3 Å². The molecule has 0 bridgehead atoms. The third-order valence-corrected chi connectivity index (χ3v) is 4.09. The number of likely N-dealkylation sites (tertiary alicyclic amines) is 1. The van der Waals surface area contributed by atoms with Gasteiger partial charge in [0.05, 0.1) is 6.04 Å². The van der Waals surface area contributed by atoms with Gasteiger partial charge in [0.25, 0.3) is 0 Å². The molecule has 1 aromatic carbocycles. The minimum Gasteiger partial charge on any atom is -0.341 e. The molecule has 1 N–H and O–H groups in total. The van der Waals surface area contributed by atoms with Gasteiger partial charge in [-0.3, -0.25) is 10.1 Å². The molecule has 20 heavy (non-hydrogen) atoms. The average Bonchev–Trinajstić information content (AvgIpc) is 2.76. The number of hydrogen-bond donors (Lipinski definition) is 1. The van der Waals surface area contributed by atoms with Gasteiger partial charge >= 0.3 is 0 Å². The first kappa shape index (κ1) is 15.0. The Kier molecular flexibility index (Phi) is 5.60. The van der Waals surface area contributed by atoms with E-state index in [0.717, 1.165) is 25.9 Å². The molecular weight excluding hydrogens is 248 g/mol. The van der Waals surface area contributed by atoms with E-state index in [1.165, 1.54) is 18.4 Å². The molecule has 1 unspecified atom stereocenters. The Bertz CT molecular complexity index is 410. The lowest BCUT2D eigenvalue weighted by molar-refractivity contribution is -0.133. The lowest BCUT2D eigenvalue weighted by Gasteiger charge is -2.27. The molecule has 0 spiro atoms. The van der Waals surface area contributed by atoms with Crippen LogP contribution in [0, 0.1) is 0 Å². The van der Waals surface area contributed by atoms with Crippen LogP contribution in [-0.2, 0) is 4.79 Å². The van der Waals surface area contributed by atoms with E-state index in [4.69, 9.17) is 0 Å². The van der Waals surface area contributed by atoms with Crippen molar-refractivity contribution in [2.24, 2.45) is 0 Å². The molecule has 1 aromatic rings. The molecule has 2 rings (SSSR count). The Balaban J connectivity index is 1.90. The normalized spacial score (nSPS) is 19.2. The molecule has 1 aliphatic rings. The van der Waals surface area contributed by atoms with Crippen LogP contribution >= 0.6 is 0 Å². The summed E-state index contributed by atoms with van der Waals surface area (Å²) >= 11 is 0. The van der Waals surface area contributed by atoms with E-state index in [1.807, 2.05) is 30.0 Å². The topological polar surface area (TPSA) is 32.3 Å². The number of nitrogens with zero attached hydrogens (tertiary/aromatic N) is 1. The number of amides is 1. The molecule has 1 saturated heterocycles. The third kappa shape index (κ3) is 4.07. The van der Waals surface area contributed by atoms with E-state index in [-0.39, 0.29) is 18.0 Å². The van der Waals surface area contributed by atoms with Gasteiger partial charge < -0.3 is 4.90 Å². The second-order valence-corrected chi connectivity index (χ2v) is 5.76. The molecule has 0 radical (unpaired) electrons. The van der Waals surface area contributed by atoms with Crippen molar-refractivity contribution in [1.29, 1.82) is 0 Å². The van der Waals surface area contributed by atoms with Crippen LogP contribution in [0.25, 0.3) is 0 Å². The van der Waals surface area contributed by atoms with Gasteiger partial charge in [-0.2, -0.15) is 0 Å². The van der Waals surface area contributed by atoms with Gasteiger partial charge in [0.1, 0.15) is 0 Å². The van der Waals surface area contributed by atoms with Crippen molar-refractivity contribution in [2.75, 3.05) is 13.1 Å². The zero-order chi connectivity index (χ0) is 14.4. The molecule has 110 valence electrons. The SMILES string of the molecule is CC(N[C@@H](C)c1ccccc1)C(=O)N1CCCCCC1. The Morgan fingerprint density at radius 1 is 1.05 bits per heavy atom. The number of hydrogen-bond acceptors (Lipinski definition) is 2. The highest BCUT2D eigenvalue weighted by molar-refractivity contribution is 5.81. The maximum absolute atomic E-state index is 12.5. The first-order chi connectivity index (χ1) is 9.68. The van der Waals surface area contributed by atoms with E-state index < -0.39 is 0 Å². The maximum atomic E-state index is 12.5. The Morgan fingerprint density at radius 2 is 1.65 bits per heavy atom. The summed E-state index contributed by atoms with van der Waals surface area (Å²) in [5.41, 5.74) is 1.23. The van der Waals surface area contributed by atoms with Gasteiger partial charge in [-0.1, -0.05) is 43.2 Å². The molecule has 3 nitrogen and oxygen atoms in total. The van der Waals surface area contributed by atoms with Crippen molar-refractivity contribution in [1.82, 2.24) is 10.2 Å². The third-order valence-electron chi connectivity index (χ3n) is 4.09. The Labute approximate surface area is 122 Å². The van der Waals surface area contributed by atoms with E-state index in [1.54, 1.807) is 0 Å². The van der Waals surface area contributed by atoms with Gasteiger partial charge in [0.2, 0.25) is 5.91 Å². The van der Waals surface area contributed by atoms with Crippen molar-refractivity contribution in [2.45, 2.75) is 51.6 Å². The van der Waals surface area contributed by atoms with Crippen LogP contribution in [-0.4, -0.2) is 29.9 Å². The molecule has 1 fully saturated rings. The van der Waals surface area contributed by atoms with Crippen LogP contribution in [0.5, 0.6) is 0 Å². The fourth-order valence-electron chi connectivity index (χ4n) is 2.85. The second kappa shape index (κ2) is 7.44. The van der Waals surface area contributed by atoms with Crippen LogP contribution in [0.2, 0.25) is 0 Å². The minimum atomic E-state index is -0.122. The quantitative estimate of drug-likeness (QED) is 0.915. The van der Waals surface area contributed by atoms with Crippen LogP contribution < -0.4 is 5.32 Å². The molecule has 2 atom stereocenters. The standard InChI is InChI=1S/C17H26N2O/c1-14(16-10-6-5-7-11-16)18-15(2)17(20)19-12-8-3-4-9-13-19/h5-7,10-11,14-15,18H,3-4,8-9,12-13H2,1-2H3/t14-,15?/m0/s1. The van der Waals surface area contributed by atoms with Crippen LogP contribution in [0.1, 0.15) is 51.1 Å². The van der Waals surface area contributed by atoms with Crippen molar-refractivity contribution < 1.29 is 4.79 Å². The van der Waals surface area contributed by atoms with Gasteiger partial charge in [0, 0.05) is 19.1 Å². The largest absolute Gasteiger partial charge is 0.341 e. The molecular formula is C17H26N2O. The first-order valence-electron chi connectivity index (χ1n) is 7.78.